The Morgan fingerprint density at radius 3 is 1.31 bits per heavy atom. The normalized spacial score (nSPS) is 15.1. The molecule has 2 nitrogen and oxygen atoms in total. The van der Waals surface area contributed by atoms with E-state index in [9.17, 15) is 0 Å². The smallest absolute Gasteiger partial charge is 0.0833 e. The molecule has 0 radical (unpaired) electrons. The average molecular weight is 281 g/mol. The van der Waals surface area contributed by atoms with Crippen molar-refractivity contribution in [2.24, 2.45) is 9.98 Å². The number of aliphatic imine (C=N–C) groups is 2. The van der Waals surface area contributed by atoms with Crippen molar-refractivity contribution in [2.75, 3.05) is 42.2 Å². The van der Waals surface area contributed by atoms with Gasteiger partial charge in [0.05, 0.1) is 5.88 Å². The molecule has 0 aliphatic carbocycles. The fourth-order valence-electron chi connectivity index (χ4n) is 0.380. The van der Waals surface area contributed by atoms with Crippen molar-refractivity contribution >= 4 is 48.7 Å². The topological polar surface area (TPSA) is 24.7 Å². The van der Waals surface area contributed by atoms with Crippen LogP contribution in [-0.2, 0) is 0 Å². The lowest BCUT2D eigenvalue weighted by atomic mass is 10.6. The first-order valence-corrected chi connectivity index (χ1v) is 8.95. The third kappa shape index (κ3) is 23.9. The van der Waals surface area contributed by atoms with Crippen molar-refractivity contribution in [3.05, 3.63) is 0 Å². The molecule has 0 bridgehead atoms. The molecule has 2 aliphatic rings. The molecule has 0 aromatic heterocycles. The Balaban J connectivity index is 0. The Morgan fingerprint density at radius 1 is 1.06 bits per heavy atom. The maximum absolute atomic E-state index is 3.57. The molecule has 0 aromatic carbocycles. The third-order valence-corrected chi connectivity index (χ3v) is 4.13. The van der Waals surface area contributed by atoms with E-state index in [2.05, 4.69) is 23.4 Å². The van der Waals surface area contributed by atoms with Gasteiger partial charge in [-0.15, -0.1) is 11.8 Å². The van der Waals surface area contributed by atoms with Gasteiger partial charge in [0.2, 0.25) is 0 Å². The predicted octanol–water partition coefficient (Wildman–Crippen LogP) is 3.57. The summed E-state index contributed by atoms with van der Waals surface area (Å²) in [7, 11) is 1.64. The van der Waals surface area contributed by atoms with Gasteiger partial charge in [-0.25, -0.2) is 0 Å². The Labute approximate surface area is 114 Å². The molecule has 0 N–H and O–H groups in total. The lowest BCUT2D eigenvalue weighted by molar-refractivity contribution is 1.06. The van der Waals surface area contributed by atoms with Crippen molar-refractivity contribution in [1.82, 2.24) is 0 Å². The lowest BCUT2D eigenvalue weighted by Gasteiger charge is -2.05. The van der Waals surface area contributed by atoms with Gasteiger partial charge < -0.3 is 4.99 Å². The molecular weight excluding hydrogens is 256 g/mol. The van der Waals surface area contributed by atoms with Crippen molar-refractivity contribution in [3.8, 4) is 0 Å². The van der Waals surface area contributed by atoms with Crippen molar-refractivity contribution in [3.63, 3.8) is 0 Å². The predicted molar refractivity (Wildman–Crippen MR) is 87.3 cm³/mol. The first-order valence-electron chi connectivity index (χ1n) is 5.25. The highest BCUT2D eigenvalue weighted by molar-refractivity contribution is 8.00. The van der Waals surface area contributed by atoms with Crippen LogP contribution in [-0.4, -0.2) is 55.6 Å². The SMILES string of the molecule is C1CSC1.C1CSC1.C=NC.C=NCSC. The number of nitrogens with zero attached hydrogens (tertiary/aromatic N) is 2. The van der Waals surface area contributed by atoms with E-state index >= 15 is 0 Å². The van der Waals surface area contributed by atoms with E-state index in [1.165, 1.54) is 35.9 Å². The minimum absolute atomic E-state index is 0.819. The van der Waals surface area contributed by atoms with Crippen LogP contribution < -0.4 is 0 Å². The molecule has 5 heteroatoms. The summed E-state index contributed by atoms with van der Waals surface area (Å²) in [5, 5.41) is 0. The standard InChI is InChI=1S/C3H7NS.2C3H6S.C2H5N/c1-4-3-5-2;2*1-2-4-3-1;1-3-2/h1,3H2,2H3;2*1-3H2;1H2,2H3. The fourth-order valence-corrected chi connectivity index (χ4v) is 1.14. The summed E-state index contributed by atoms with van der Waals surface area (Å²) >= 11 is 5.75. The highest BCUT2D eigenvalue weighted by atomic mass is 32.2. The molecule has 0 unspecified atom stereocenters. The van der Waals surface area contributed by atoms with Crippen molar-refractivity contribution in [2.45, 2.75) is 12.8 Å². The first-order chi connectivity index (χ1) is 7.83. The molecule has 2 heterocycles. The molecule has 96 valence electrons. The van der Waals surface area contributed by atoms with Crippen LogP contribution in [0.2, 0.25) is 0 Å². The van der Waals surface area contributed by atoms with Gasteiger partial charge in [-0.3, -0.25) is 4.99 Å². The van der Waals surface area contributed by atoms with Crippen LogP contribution >= 0.6 is 35.3 Å². The largest absolute Gasteiger partial charge is 0.304 e. The van der Waals surface area contributed by atoms with Gasteiger partial charge >= 0.3 is 0 Å². The van der Waals surface area contributed by atoms with Crippen LogP contribution in [0.5, 0.6) is 0 Å². The second-order valence-corrected chi connectivity index (χ2v) is 6.17. The number of thioether (sulfide) groups is 3. The average Bonchev–Trinajstić information content (AvgIpc) is 2.00. The van der Waals surface area contributed by atoms with E-state index in [1.54, 1.807) is 18.8 Å². The molecular formula is C11H24N2S3. The Kier molecular flexibility index (Phi) is 24.3. The summed E-state index contributed by atoms with van der Waals surface area (Å²) in [4.78, 5) is 6.82. The highest BCUT2D eigenvalue weighted by Crippen LogP contribution is 2.14. The van der Waals surface area contributed by atoms with E-state index in [0.717, 1.165) is 5.88 Å². The fraction of sp³-hybridized carbons (Fsp3) is 0.818. The van der Waals surface area contributed by atoms with Gasteiger partial charge in [0.15, 0.2) is 0 Å². The van der Waals surface area contributed by atoms with Crippen LogP contribution in [0.15, 0.2) is 9.98 Å². The lowest BCUT2D eigenvalue weighted by Crippen LogP contribution is -1.94. The molecule has 0 aromatic rings. The van der Waals surface area contributed by atoms with Gasteiger partial charge in [0.1, 0.15) is 0 Å². The second kappa shape index (κ2) is 20.8. The summed E-state index contributed by atoms with van der Waals surface area (Å²) in [5.41, 5.74) is 0. The van der Waals surface area contributed by atoms with Crippen molar-refractivity contribution < 1.29 is 0 Å². The molecule has 0 amide bonds. The van der Waals surface area contributed by atoms with Crippen LogP contribution in [0.4, 0.5) is 0 Å². The molecule has 0 spiro atoms. The summed E-state index contributed by atoms with van der Waals surface area (Å²) in [6.07, 6.45) is 4.92. The Bertz CT molecular complexity index is 119. The van der Waals surface area contributed by atoms with Crippen LogP contribution in [0.25, 0.3) is 0 Å². The van der Waals surface area contributed by atoms with E-state index in [0.29, 0.717) is 0 Å². The van der Waals surface area contributed by atoms with Gasteiger partial charge in [0.25, 0.3) is 0 Å². The Morgan fingerprint density at radius 2 is 1.31 bits per heavy atom. The molecule has 2 saturated heterocycles. The molecule has 0 atom stereocenters. The minimum atomic E-state index is 0.819. The monoisotopic (exact) mass is 280 g/mol. The molecule has 2 aliphatic heterocycles. The van der Waals surface area contributed by atoms with E-state index < -0.39 is 0 Å². The number of hydrogen-bond acceptors (Lipinski definition) is 5. The first kappa shape index (κ1) is 18.7. The number of hydrogen-bond donors (Lipinski definition) is 0. The summed E-state index contributed by atoms with van der Waals surface area (Å²) in [5.74, 6) is 6.49. The van der Waals surface area contributed by atoms with Crippen LogP contribution in [0.1, 0.15) is 12.8 Å². The van der Waals surface area contributed by atoms with Crippen LogP contribution in [0, 0.1) is 0 Å². The molecule has 2 fully saturated rings. The summed E-state index contributed by atoms with van der Waals surface area (Å²) in [6.45, 7) is 6.39. The van der Waals surface area contributed by atoms with Gasteiger partial charge in [0, 0.05) is 7.05 Å². The zero-order valence-corrected chi connectivity index (χ0v) is 12.9. The maximum atomic E-state index is 3.57. The molecule has 16 heavy (non-hydrogen) atoms. The maximum Gasteiger partial charge on any atom is 0.0833 e. The van der Waals surface area contributed by atoms with Crippen LogP contribution in [0.3, 0.4) is 0 Å². The molecule has 2 rings (SSSR count). The number of rotatable bonds is 2. The highest BCUT2D eigenvalue weighted by Gasteiger charge is 1.95. The van der Waals surface area contributed by atoms with Crippen molar-refractivity contribution in [1.29, 1.82) is 0 Å². The zero-order chi connectivity index (χ0) is 12.5. The Hall–Kier alpha value is 0.390. The molecule has 0 saturated carbocycles. The quantitative estimate of drug-likeness (QED) is 0.723. The minimum Gasteiger partial charge on any atom is -0.304 e. The third-order valence-electron chi connectivity index (χ3n) is 1.38. The summed E-state index contributed by atoms with van der Waals surface area (Å²) < 4.78 is 0. The second-order valence-electron chi connectivity index (χ2n) is 2.89. The summed E-state index contributed by atoms with van der Waals surface area (Å²) in [6, 6.07) is 0. The van der Waals surface area contributed by atoms with E-state index in [-0.39, 0.29) is 0 Å². The van der Waals surface area contributed by atoms with Gasteiger partial charge in [-0.2, -0.15) is 23.5 Å². The zero-order valence-electron chi connectivity index (χ0n) is 10.5. The van der Waals surface area contributed by atoms with E-state index in [4.69, 9.17) is 0 Å². The van der Waals surface area contributed by atoms with Gasteiger partial charge in [-0.1, -0.05) is 0 Å². The van der Waals surface area contributed by atoms with E-state index in [1.807, 2.05) is 29.8 Å². The van der Waals surface area contributed by atoms with Gasteiger partial charge in [-0.05, 0) is 55.5 Å².